The second-order valence-corrected chi connectivity index (χ2v) is 8.51. The Hall–Kier alpha value is -2.05. The molecular weight excluding hydrogens is 413 g/mol. The molecule has 8 heteroatoms. The van der Waals surface area contributed by atoms with Crippen molar-refractivity contribution in [3.05, 3.63) is 39.9 Å². The van der Waals surface area contributed by atoms with Gasteiger partial charge in [0.1, 0.15) is 0 Å². The first-order chi connectivity index (χ1) is 13.9. The maximum absolute atomic E-state index is 12.0. The molecule has 0 saturated heterocycles. The summed E-state index contributed by atoms with van der Waals surface area (Å²) < 4.78 is 0. The quantitative estimate of drug-likeness (QED) is 0.220. The normalized spacial score (nSPS) is 24.8. The predicted octanol–water partition coefficient (Wildman–Crippen LogP) is 5.72. The predicted molar refractivity (Wildman–Crippen MR) is 116 cm³/mol. The first-order valence-electron chi connectivity index (χ1n) is 9.87. The number of allylic oxidation sites excluding steroid dienone is 2. The van der Waals surface area contributed by atoms with Gasteiger partial charge in [0, 0.05) is 18.3 Å². The number of rotatable bonds is 7. The number of aliphatic carboxylic acids is 1. The minimum atomic E-state index is -0.737. The highest BCUT2D eigenvalue weighted by atomic mass is 35.5. The molecule has 0 aromatic heterocycles. The Morgan fingerprint density at radius 2 is 2.03 bits per heavy atom. The van der Waals surface area contributed by atoms with E-state index in [-0.39, 0.29) is 6.42 Å². The molecule has 0 radical (unpaired) electrons. The number of hydrogen-bond acceptors (Lipinski definition) is 3. The van der Waals surface area contributed by atoms with Crippen molar-refractivity contribution < 1.29 is 14.7 Å². The lowest BCUT2D eigenvalue weighted by Crippen LogP contribution is -2.25. The summed E-state index contributed by atoms with van der Waals surface area (Å²) in [5.41, 5.74) is 4.49. The van der Waals surface area contributed by atoms with Crippen LogP contribution in [0.1, 0.15) is 44.9 Å². The standard InChI is InChI=1S/C21H25Cl2N3O3/c22-18-8-7-16(11-19(18)23)25-21(29)26-24-12-15-6-5-14-9-13(10-17(14)15)3-1-2-4-20(27)28/h3,7-8,11-12,14-15,17H,1-2,4-6,9-10H2,(H,27,28)(H2,25,26,29)/b13-3+,24-12+/t14-,15-,17+/m1/s1. The Balaban J connectivity index is 1.45. The van der Waals surface area contributed by atoms with Gasteiger partial charge in [-0.05, 0) is 74.5 Å². The molecule has 2 aliphatic rings. The van der Waals surface area contributed by atoms with Gasteiger partial charge in [-0.25, -0.2) is 10.2 Å². The van der Waals surface area contributed by atoms with Crippen molar-refractivity contribution in [3.63, 3.8) is 0 Å². The molecule has 0 heterocycles. The van der Waals surface area contributed by atoms with Crippen molar-refractivity contribution in [3.8, 4) is 0 Å². The van der Waals surface area contributed by atoms with E-state index in [4.69, 9.17) is 28.3 Å². The zero-order valence-corrected chi connectivity index (χ0v) is 17.5. The molecule has 156 valence electrons. The zero-order chi connectivity index (χ0) is 20.8. The third kappa shape index (κ3) is 6.21. The maximum atomic E-state index is 12.0. The molecule has 1 aromatic rings. The largest absolute Gasteiger partial charge is 0.481 e. The number of carboxylic acid groups (broad SMARTS) is 1. The molecule has 6 nitrogen and oxygen atoms in total. The monoisotopic (exact) mass is 437 g/mol. The first kappa shape index (κ1) is 21.7. The molecule has 0 bridgehead atoms. The van der Waals surface area contributed by atoms with E-state index in [0.29, 0.717) is 39.9 Å². The Labute approximate surface area is 180 Å². The molecule has 0 unspecified atom stereocenters. The highest BCUT2D eigenvalue weighted by Gasteiger charge is 2.40. The molecule has 29 heavy (non-hydrogen) atoms. The van der Waals surface area contributed by atoms with Crippen LogP contribution in [0.25, 0.3) is 0 Å². The number of fused-ring (bicyclic) bond motifs is 1. The molecule has 1 aromatic carbocycles. The van der Waals surface area contributed by atoms with Crippen LogP contribution in [-0.2, 0) is 4.79 Å². The SMILES string of the molecule is O=C(O)CCC/C=C1\C[C@H]2CC[C@H](/C=N/NC(=O)Nc3ccc(Cl)c(Cl)c3)[C@H]2C1. The number of urea groups is 1. The van der Waals surface area contributed by atoms with Crippen molar-refractivity contribution in [1.29, 1.82) is 0 Å². The van der Waals surface area contributed by atoms with E-state index in [2.05, 4.69) is 21.9 Å². The van der Waals surface area contributed by atoms with Crippen LogP contribution in [0.4, 0.5) is 10.5 Å². The van der Waals surface area contributed by atoms with Gasteiger partial charge in [0.05, 0.1) is 10.0 Å². The van der Waals surface area contributed by atoms with E-state index in [9.17, 15) is 9.59 Å². The molecule has 2 aliphatic carbocycles. The van der Waals surface area contributed by atoms with Crippen molar-refractivity contribution >= 4 is 47.1 Å². The van der Waals surface area contributed by atoms with Gasteiger partial charge in [-0.15, -0.1) is 0 Å². The Kier molecular flexibility index (Phi) is 7.56. The van der Waals surface area contributed by atoms with E-state index in [1.165, 1.54) is 12.0 Å². The summed E-state index contributed by atoms with van der Waals surface area (Å²) in [5.74, 6) is 0.848. The lowest BCUT2D eigenvalue weighted by molar-refractivity contribution is -0.137. The molecule has 3 rings (SSSR count). The van der Waals surface area contributed by atoms with Crippen LogP contribution in [0, 0.1) is 17.8 Å². The molecule has 2 saturated carbocycles. The molecule has 2 fully saturated rings. The van der Waals surface area contributed by atoms with Crippen molar-refractivity contribution in [2.75, 3.05) is 5.32 Å². The third-order valence-electron chi connectivity index (χ3n) is 5.69. The topological polar surface area (TPSA) is 90.8 Å². The van der Waals surface area contributed by atoms with Crippen LogP contribution in [0.5, 0.6) is 0 Å². The number of nitrogens with zero attached hydrogens (tertiary/aromatic N) is 1. The van der Waals surface area contributed by atoms with Crippen LogP contribution >= 0.6 is 23.2 Å². The van der Waals surface area contributed by atoms with Crippen LogP contribution < -0.4 is 10.7 Å². The Bertz CT molecular complexity index is 825. The smallest absolute Gasteiger partial charge is 0.339 e. The maximum Gasteiger partial charge on any atom is 0.339 e. The number of carbonyl (C=O) groups excluding carboxylic acids is 1. The van der Waals surface area contributed by atoms with Crippen LogP contribution in [0.3, 0.4) is 0 Å². The number of carboxylic acids is 1. The summed E-state index contributed by atoms with van der Waals surface area (Å²) in [7, 11) is 0. The van der Waals surface area contributed by atoms with Gasteiger partial charge >= 0.3 is 12.0 Å². The fourth-order valence-corrected chi connectivity index (χ4v) is 4.61. The van der Waals surface area contributed by atoms with Crippen LogP contribution in [0.15, 0.2) is 34.9 Å². The Morgan fingerprint density at radius 1 is 1.21 bits per heavy atom. The average molecular weight is 438 g/mol. The number of benzene rings is 1. The van der Waals surface area contributed by atoms with Gasteiger partial charge in [0.2, 0.25) is 0 Å². The number of unbranched alkanes of at least 4 members (excludes halogenated alkanes) is 1. The molecular formula is C21H25Cl2N3O3. The molecule has 0 aliphatic heterocycles. The highest BCUT2D eigenvalue weighted by molar-refractivity contribution is 6.42. The van der Waals surface area contributed by atoms with Crippen molar-refractivity contribution in [1.82, 2.24) is 5.43 Å². The summed E-state index contributed by atoms with van der Waals surface area (Å²) in [6, 6.07) is 4.44. The fraction of sp³-hybridized carbons (Fsp3) is 0.476. The van der Waals surface area contributed by atoms with E-state index < -0.39 is 12.0 Å². The number of hydrazone groups is 1. The van der Waals surface area contributed by atoms with Gasteiger partial charge in [-0.2, -0.15) is 5.10 Å². The number of amides is 2. The van der Waals surface area contributed by atoms with E-state index in [1.54, 1.807) is 18.2 Å². The van der Waals surface area contributed by atoms with Gasteiger partial charge in [-0.1, -0.05) is 34.9 Å². The molecule has 0 spiro atoms. The van der Waals surface area contributed by atoms with Crippen LogP contribution in [-0.4, -0.2) is 23.3 Å². The summed E-state index contributed by atoms with van der Waals surface area (Å²) in [5, 5.41) is 16.3. The second-order valence-electron chi connectivity index (χ2n) is 7.69. The second kappa shape index (κ2) is 10.1. The number of nitrogens with one attached hydrogen (secondary N) is 2. The minimum absolute atomic E-state index is 0.224. The molecule has 3 N–H and O–H groups in total. The van der Waals surface area contributed by atoms with E-state index in [0.717, 1.165) is 25.7 Å². The number of halogens is 2. The third-order valence-corrected chi connectivity index (χ3v) is 6.42. The average Bonchev–Trinajstić information content (AvgIpc) is 3.23. The van der Waals surface area contributed by atoms with Crippen LogP contribution in [0.2, 0.25) is 10.0 Å². The molecule has 2 amide bonds. The lowest BCUT2D eigenvalue weighted by atomic mass is 9.93. The highest BCUT2D eigenvalue weighted by Crippen LogP contribution is 2.49. The first-order valence-corrected chi connectivity index (χ1v) is 10.6. The lowest BCUT2D eigenvalue weighted by Gasteiger charge is -2.13. The van der Waals surface area contributed by atoms with E-state index >= 15 is 0 Å². The zero-order valence-electron chi connectivity index (χ0n) is 16.0. The summed E-state index contributed by atoms with van der Waals surface area (Å²) in [6.07, 6.45) is 10.2. The number of anilines is 1. The summed E-state index contributed by atoms with van der Waals surface area (Å²) in [6.45, 7) is 0. The van der Waals surface area contributed by atoms with E-state index in [1.807, 2.05) is 6.21 Å². The number of carbonyl (C=O) groups is 2. The minimum Gasteiger partial charge on any atom is -0.481 e. The van der Waals surface area contributed by atoms with Gasteiger partial charge in [0.15, 0.2) is 0 Å². The van der Waals surface area contributed by atoms with Crippen molar-refractivity contribution in [2.24, 2.45) is 22.9 Å². The van der Waals surface area contributed by atoms with Gasteiger partial charge in [0.25, 0.3) is 0 Å². The van der Waals surface area contributed by atoms with Gasteiger partial charge < -0.3 is 10.4 Å². The van der Waals surface area contributed by atoms with Crippen molar-refractivity contribution in [2.45, 2.75) is 44.9 Å². The number of hydrogen-bond donors (Lipinski definition) is 3. The fourth-order valence-electron chi connectivity index (χ4n) is 4.31. The van der Waals surface area contributed by atoms with Gasteiger partial charge in [-0.3, -0.25) is 4.79 Å². The molecule has 3 atom stereocenters. The summed E-state index contributed by atoms with van der Waals surface area (Å²) in [4.78, 5) is 22.6. The summed E-state index contributed by atoms with van der Waals surface area (Å²) >= 11 is 11.8. The Morgan fingerprint density at radius 3 is 2.79 bits per heavy atom.